The van der Waals surface area contributed by atoms with E-state index in [0.717, 1.165) is 11.3 Å². The monoisotopic (exact) mass is 388 g/mol. The maximum Gasteiger partial charge on any atom is 0.284 e. The number of aromatic nitrogens is 2. The molecule has 0 saturated carbocycles. The lowest BCUT2D eigenvalue weighted by atomic mass is 10.1. The maximum absolute atomic E-state index is 5.78. The third-order valence-electron chi connectivity index (χ3n) is 2.44. The van der Waals surface area contributed by atoms with Crippen LogP contribution in [0.3, 0.4) is 0 Å². The van der Waals surface area contributed by atoms with E-state index in [1.54, 1.807) is 22.4 Å². The largest absolute Gasteiger partial charge is 0.481 e. The third-order valence-corrected chi connectivity index (χ3v) is 2.61. The van der Waals surface area contributed by atoms with E-state index < -0.39 is 0 Å². The molecule has 7 heteroatoms. The van der Waals surface area contributed by atoms with Gasteiger partial charge in [0.25, 0.3) is 10.7 Å². The number of nitrogens with zero attached hydrogens (tertiary/aromatic N) is 1. The number of hydrogen-bond acceptors (Lipinski definition) is 4. The highest BCUT2D eigenvalue weighted by molar-refractivity contribution is 14.1. The maximum atomic E-state index is 5.78. The number of halogens is 1. The minimum atomic E-state index is -0.274. The van der Waals surface area contributed by atoms with Crippen LogP contribution in [0.4, 0.5) is 0 Å². The Bertz CT molecular complexity index is 585. The number of benzene rings is 1. The van der Waals surface area contributed by atoms with Gasteiger partial charge < -0.3 is 9.15 Å². The Morgan fingerprint density at radius 3 is 2.63 bits per heavy atom. The number of aryl methyl sites for hydroxylation is 2. The van der Waals surface area contributed by atoms with E-state index in [9.17, 15) is 0 Å². The van der Waals surface area contributed by atoms with Crippen molar-refractivity contribution in [3.05, 3.63) is 40.1 Å². The fourth-order valence-corrected chi connectivity index (χ4v) is 1.72. The van der Waals surface area contributed by atoms with Gasteiger partial charge in [0.15, 0.2) is 11.8 Å². The van der Waals surface area contributed by atoms with Gasteiger partial charge >= 0.3 is 0 Å². The number of rotatable bonds is 3. The summed E-state index contributed by atoms with van der Waals surface area (Å²) in [6.45, 7) is 5.93. The molecule has 4 nitrogen and oxygen atoms in total. The van der Waals surface area contributed by atoms with Gasteiger partial charge in [-0.3, -0.25) is 0 Å². The second-order valence-corrected chi connectivity index (χ2v) is 4.35. The number of aromatic amines is 1. The minimum Gasteiger partial charge on any atom is -0.481 e. The molecule has 0 saturated heterocycles. The molecule has 100 valence electrons. The van der Waals surface area contributed by atoms with E-state index in [4.69, 9.17) is 21.4 Å². The third kappa shape index (κ3) is 4.65. The minimum absolute atomic E-state index is 0.260. The lowest BCUT2D eigenvalue weighted by molar-refractivity contribution is 0.186. The summed E-state index contributed by atoms with van der Waals surface area (Å²) in [6.07, 6.45) is -0.274. The Labute approximate surface area is 132 Å². The summed E-state index contributed by atoms with van der Waals surface area (Å²) in [4.78, 5) is 0.260. The van der Waals surface area contributed by atoms with Crippen molar-refractivity contribution in [2.45, 2.75) is 26.9 Å². The fraction of sp³-hybridized carbons (Fsp3) is 0.333. The van der Waals surface area contributed by atoms with Crippen LogP contribution in [0, 0.1) is 18.7 Å². The van der Waals surface area contributed by atoms with Crippen molar-refractivity contribution in [2.24, 2.45) is 0 Å². The van der Waals surface area contributed by atoms with Crippen LogP contribution in [0.25, 0.3) is 0 Å². The van der Waals surface area contributed by atoms with Crippen LogP contribution in [0.15, 0.2) is 22.6 Å². The quantitative estimate of drug-likeness (QED) is 0.491. The molecule has 1 atom stereocenters. The molecule has 2 aromatic rings. The molecular formula is C12H14BIN2O2S. The van der Waals surface area contributed by atoms with Crippen LogP contribution in [0.1, 0.15) is 30.0 Å². The Hall–Kier alpha value is -0.825. The summed E-state index contributed by atoms with van der Waals surface area (Å²) < 4.78 is 11.0. The molecule has 1 unspecified atom stereocenters. The molecule has 0 amide bonds. The zero-order valence-corrected chi connectivity index (χ0v) is 13.9. The average molecular weight is 388 g/mol. The van der Waals surface area contributed by atoms with Gasteiger partial charge in [-0.25, -0.2) is 5.10 Å². The van der Waals surface area contributed by atoms with Gasteiger partial charge in [0.2, 0.25) is 0 Å². The van der Waals surface area contributed by atoms with Gasteiger partial charge in [0.05, 0.1) is 0 Å². The number of H-pyrrole nitrogens is 1. The van der Waals surface area contributed by atoms with E-state index >= 15 is 0 Å². The summed E-state index contributed by atoms with van der Waals surface area (Å²) in [5.41, 5.74) is 6.77. The molecular weight excluding hydrogens is 374 g/mol. The van der Waals surface area contributed by atoms with Gasteiger partial charge in [-0.15, -0.1) is 5.10 Å². The van der Waals surface area contributed by atoms with E-state index in [1.807, 2.05) is 32.9 Å². The summed E-state index contributed by atoms with van der Waals surface area (Å²) >= 11 is 6.47. The van der Waals surface area contributed by atoms with E-state index in [0.29, 0.717) is 5.89 Å². The molecule has 0 aliphatic rings. The Kier molecular flexibility index (Phi) is 6.57. The molecule has 0 aliphatic heterocycles. The molecule has 1 N–H and O–H groups in total. The molecule has 2 rings (SSSR count). The van der Waals surface area contributed by atoms with Crippen LogP contribution in [-0.2, 0) is 0 Å². The molecule has 0 fully saturated rings. The van der Waals surface area contributed by atoms with E-state index in [2.05, 4.69) is 22.0 Å². The average Bonchev–Trinajstić information content (AvgIpc) is 2.82. The molecule has 1 aromatic heterocycles. The van der Waals surface area contributed by atoms with Crippen molar-refractivity contribution >= 4 is 40.3 Å². The van der Waals surface area contributed by atoms with Crippen molar-refractivity contribution in [3.8, 4) is 5.75 Å². The number of hydrogen-bond donors (Lipinski definition) is 1. The lowest BCUT2D eigenvalue weighted by Crippen LogP contribution is -2.04. The summed E-state index contributed by atoms with van der Waals surface area (Å²) in [5, 5.41) is 6.52. The zero-order chi connectivity index (χ0) is 14.4. The molecule has 0 bridgehead atoms. The fourth-order valence-electron chi connectivity index (χ4n) is 1.59. The molecule has 19 heavy (non-hydrogen) atoms. The van der Waals surface area contributed by atoms with Crippen LogP contribution in [0.5, 0.6) is 5.75 Å². The number of ether oxygens (including phenoxy) is 1. The standard InChI is InChI=1S/C12H14N2O2S.BI/c1-7-4-5-10(8(2)6-7)15-9(3)11-13-14-12(17)16-11;1-2/h4-6,9H,1-3H3,(H,14,17);. The van der Waals surface area contributed by atoms with Crippen LogP contribution in [-0.4, -0.2) is 15.9 Å². The predicted octanol–water partition coefficient (Wildman–Crippen LogP) is 3.99. The second-order valence-electron chi connectivity index (χ2n) is 3.98. The summed E-state index contributed by atoms with van der Waals surface area (Å²) in [5.74, 6) is 1.28. The van der Waals surface area contributed by atoms with Crippen LogP contribution in [0.2, 0.25) is 0 Å². The van der Waals surface area contributed by atoms with E-state index in [-0.39, 0.29) is 10.9 Å². The van der Waals surface area contributed by atoms with Crippen molar-refractivity contribution in [1.82, 2.24) is 10.2 Å². The first-order valence-electron chi connectivity index (χ1n) is 5.57. The normalized spacial score (nSPS) is 11.4. The highest BCUT2D eigenvalue weighted by atomic mass is 127. The van der Waals surface area contributed by atoms with Crippen molar-refractivity contribution in [3.63, 3.8) is 0 Å². The first-order valence-corrected chi connectivity index (χ1v) is 7.23. The van der Waals surface area contributed by atoms with Gasteiger partial charge in [-0.05, 0) is 44.6 Å². The van der Waals surface area contributed by atoms with Crippen molar-refractivity contribution < 1.29 is 9.15 Å². The lowest BCUT2D eigenvalue weighted by Gasteiger charge is -2.13. The molecule has 0 aliphatic carbocycles. The first-order chi connectivity index (χ1) is 9.06. The highest BCUT2D eigenvalue weighted by Gasteiger charge is 2.14. The Morgan fingerprint density at radius 1 is 1.42 bits per heavy atom. The number of nitrogens with one attached hydrogen (secondary N) is 1. The zero-order valence-electron chi connectivity index (χ0n) is 10.9. The Morgan fingerprint density at radius 2 is 2.11 bits per heavy atom. The molecule has 1 heterocycles. The van der Waals surface area contributed by atoms with Gasteiger partial charge in [-0.1, -0.05) is 17.7 Å². The second kappa shape index (κ2) is 7.69. The van der Waals surface area contributed by atoms with Crippen molar-refractivity contribution in [2.75, 3.05) is 0 Å². The topological polar surface area (TPSA) is 51.0 Å². The predicted molar refractivity (Wildman–Crippen MR) is 86.4 cm³/mol. The Balaban J connectivity index is 0.000000861. The van der Waals surface area contributed by atoms with Gasteiger partial charge in [-0.2, -0.15) is 22.4 Å². The van der Waals surface area contributed by atoms with Gasteiger partial charge in [0, 0.05) is 0 Å². The summed E-state index contributed by atoms with van der Waals surface area (Å²) in [6, 6.07) is 6.03. The highest BCUT2D eigenvalue weighted by Crippen LogP contribution is 2.24. The molecule has 1 aromatic carbocycles. The van der Waals surface area contributed by atoms with Crippen LogP contribution >= 0.6 is 34.6 Å². The van der Waals surface area contributed by atoms with Gasteiger partial charge in [0.1, 0.15) is 5.75 Å². The first kappa shape index (κ1) is 16.2. The summed E-state index contributed by atoms with van der Waals surface area (Å²) in [7, 11) is 0. The molecule has 0 spiro atoms. The SMILES string of the molecule is Cc1ccc(OC(C)c2n[nH]c(=S)o2)c(C)c1.[B]I. The molecule has 2 radical (unpaired) electrons. The van der Waals surface area contributed by atoms with E-state index in [1.165, 1.54) is 5.56 Å². The van der Waals surface area contributed by atoms with Crippen LogP contribution < -0.4 is 4.74 Å². The smallest absolute Gasteiger partial charge is 0.284 e. The van der Waals surface area contributed by atoms with Crippen molar-refractivity contribution in [1.29, 1.82) is 0 Å².